The van der Waals surface area contributed by atoms with E-state index in [4.69, 9.17) is 37.3 Å². The molecule has 4 bridgehead atoms. The summed E-state index contributed by atoms with van der Waals surface area (Å²) in [5.74, 6) is 4.31. The van der Waals surface area contributed by atoms with Crippen molar-refractivity contribution in [2.24, 2.45) is 5.41 Å². The highest BCUT2D eigenvalue weighted by Gasteiger charge is 2.44. The summed E-state index contributed by atoms with van der Waals surface area (Å²) >= 11 is 0. The van der Waals surface area contributed by atoms with E-state index in [1.54, 1.807) is 24.4 Å². The monoisotopic (exact) mass is 1120 g/mol. The van der Waals surface area contributed by atoms with Crippen LogP contribution in [0.4, 0.5) is 24.8 Å². The summed E-state index contributed by atoms with van der Waals surface area (Å²) in [4.78, 5) is 37.0. The molecule has 4 aromatic heterocycles. The van der Waals surface area contributed by atoms with Crippen LogP contribution in [0.1, 0.15) is 68.1 Å². The molecule has 8 aromatic rings. The fourth-order valence-electron chi connectivity index (χ4n) is 13.0. The number of terminal acetylenes is 2. The van der Waals surface area contributed by atoms with Gasteiger partial charge in [0.05, 0.1) is 24.8 Å². The van der Waals surface area contributed by atoms with Gasteiger partial charge in [-0.3, -0.25) is 4.98 Å². The van der Waals surface area contributed by atoms with Crippen molar-refractivity contribution in [1.29, 1.82) is 0 Å². The summed E-state index contributed by atoms with van der Waals surface area (Å²) in [5.41, 5.74) is 4.33. The third kappa shape index (κ3) is 10.9. The van der Waals surface area contributed by atoms with Crippen LogP contribution in [-0.4, -0.2) is 155 Å². The normalized spacial score (nSPS) is 20.5. The molecule has 1 saturated carbocycles. The molecule has 5 saturated heterocycles. The van der Waals surface area contributed by atoms with Gasteiger partial charge in [-0.1, -0.05) is 24.0 Å². The van der Waals surface area contributed by atoms with Gasteiger partial charge in [0.25, 0.3) is 0 Å². The predicted molar refractivity (Wildman–Crippen MR) is 318 cm³/mol. The van der Waals surface area contributed by atoms with Crippen LogP contribution in [0.3, 0.4) is 0 Å². The maximum absolute atomic E-state index is 16.1. The van der Waals surface area contributed by atoms with Gasteiger partial charge in [-0.2, -0.15) is 19.9 Å². The van der Waals surface area contributed by atoms with Crippen molar-refractivity contribution in [2.45, 2.75) is 82.5 Å². The molecule has 4 unspecified atom stereocenters. The number of anilines is 2. The average molecular weight is 1130 g/mol. The van der Waals surface area contributed by atoms with Crippen molar-refractivity contribution in [2.75, 3.05) is 90.5 Å². The van der Waals surface area contributed by atoms with E-state index in [-0.39, 0.29) is 50.7 Å². The Morgan fingerprint density at radius 2 is 1.14 bits per heavy atom. The number of benzene rings is 4. The van der Waals surface area contributed by atoms with Crippen LogP contribution in [0.5, 0.6) is 23.5 Å². The molecule has 83 heavy (non-hydrogen) atoms. The van der Waals surface area contributed by atoms with Gasteiger partial charge >= 0.3 is 12.0 Å². The molecule has 4 aromatic carbocycles. The van der Waals surface area contributed by atoms with Gasteiger partial charge in [-0.15, -0.1) is 12.8 Å². The standard InChI is InChI=1S/C33H35FN6O2.C26H21F2N5O2.C5H11N/c1-5-24-27(34)9-6-20-12-23(41)13-25(28(20)24)26-14-35-30-29(19(26)2)37-32(42-18-33(10-11-33)17-39(3)4)38-31(30)40-15-21-7-8-22(16-40)36-21;1-3-17-20(27)7-4-13-8-16(34)9-18(21(13)17)19-10-29-24-23(22(19)28)31-26(35-2)32-25(24)33-11-14-5-6-15(12-33)30-14;1-6-4-2-3-5-6/h1,6,9,12-14,21-22,36,41H,7-8,10-11,15-18H2,2-4H3;1,4,7-10,14-15,30,34H,5-6,11-12H2,2H3;2-5H2,1H3. The number of fused-ring (bicyclic) bond motifs is 8. The minimum absolute atomic E-state index is 0.0192. The summed E-state index contributed by atoms with van der Waals surface area (Å²) in [5, 5.41) is 30.2. The summed E-state index contributed by atoms with van der Waals surface area (Å²) in [6.45, 7) is 9.25. The lowest BCUT2D eigenvalue weighted by atomic mass is 9.92. The van der Waals surface area contributed by atoms with Crippen LogP contribution >= 0.6 is 0 Å². The first-order valence-electron chi connectivity index (χ1n) is 28.5. The number of ether oxygens (including phenoxy) is 2. The number of hydrogen-bond donors (Lipinski definition) is 4. The van der Waals surface area contributed by atoms with E-state index in [1.807, 2.05) is 6.92 Å². The van der Waals surface area contributed by atoms with Gasteiger partial charge in [0.2, 0.25) is 0 Å². The third-order valence-electron chi connectivity index (χ3n) is 17.2. The molecule has 6 aliphatic rings. The first-order chi connectivity index (χ1) is 40.1. The van der Waals surface area contributed by atoms with Crippen LogP contribution in [0.25, 0.3) is 65.9 Å². The maximum Gasteiger partial charge on any atom is 0.319 e. The van der Waals surface area contributed by atoms with Crippen molar-refractivity contribution in [1.82, 2.24) is 50.3 Å². The minimum atomic E-state index is -0.686. The van der Waals surface area contributed by atoms with E-state index >= 15 is 4.39 Å². The number of phenols is 2. The SMILES string of the molecule is C#Cc1c(F)ccc2cc(O)cc(-c3cnc4c(N5CC6CCC(C5)N6)nc(OC)nc4c3F)c12.C#Cc1c(F)ccc2cc(O)cc(-c3cnc4c(N5CC6CCC(C5)N6)nc(OCC5(CN(C)C)CC5)nc4c3C)c12.CN1CCCC1. The van der Waals surface area contributed by atoms with Crippen molar-refractivity contribution in [3.05, 3.63) is 95.1 Å². The van der Waals surface area contributed by atoms with Gasteiger partial charge in [-0.05, 0) is 156 Å². The Balaban J connectivity index is 0.000000151. The number of nitrogens with zero attached hydrogens (tertiary/aromatic N) is 10. The number of piperazine rings is 2. The smallest absolute Gasteiger partial charge is 0.319 e. The number of likely N-dealkylation sites (tertiary alicyclic amines) is 1. The first kappa shape index (κ1) is 55.5. The third-order valence-corrected chi connectivity index (χ3v) is 17.2. The first-order valence-corrected chi connectivity index (χ1v) is 28.5. The van der Waals surface area contributed by atoms with Gasteiger partial charge in [0, 0.05) is 96.6 Å². The van der Waals surface area contributed by atoms with Crippen LogP contribution in [0, 0.1) is 54.5 Å². The number of rotatable bonds is 10. The topological polar surface area (TPSA) is 173 Å². The molecule has 4 atom stereocenters. The predicted octanol–water partition coefficient (Wildman–Crippen LogP) is 9.11. The average Bonchev–Trinajstić information content (AvgIpc) is 3.79. The Bertz CT molecular complexity index is 3910. The molecule has 16 nitrogen and oxygen atoms in total. The van der Waals surface area contributed by atoms with Crippen LogP contribution in [0.15, 0.2) is 60.9 Å². The van der Waals surface area contributed by atoms with Gasteiger partial charge in [0.1, 0.15) is 45.2 Å². The number of halogens is 3. The zero-order chi connectivity index (χ0) is 57.8. The van der Waals surface area contributed by atoms with E-state index in [9.17, 15) is 19.0 Å². The van der Waals surface area contributed by atoms with Crippen molar-refractivity contribution in [3.63, 3.8) is 0 Å². The van der Waals surface area contributed by atoms with Gasteiger partial charge in [-0.25, -0.2) is 18.2 Å². The lowest BCUT2D eigenvalue weighted by Gasteiger charge is -2.34. The van der Waals surface area contributed by atoms with Crippen molar-refractivity contribution in [3.8, 4) is 70.5 Å². The number of aryl methyl sites for hydroxylation is 1. The lowest BCUT2D eigenvalue weighted by Crippen LogP contribution is -2.51. The molecule has 0 amide bonds. The fourth-order valence-corrected chi connectivity index (χ4v) is 13.0. The molecular formula is C64H67F3N12O4. The Morgan fingerprint density at radius 1 is 0.663 bits per heavy atom. The molecule has 0 spiro atoms. The highest BCUT2D eigenvalue weighted by Crippen LogP contribution is 2.47. The fraction of sp³-hybridized carbons (Fsp3) is 0.406. The molecule has 9 heterocycles. The Kier molecular flexibility index (Phi) is 15.1. The molecule has 1 aliphatic carbocycles. The second-order valence-electron chi connectivity index (χ2n) is 23.5. The van der Waals surface area contributed by atoms with E-state index in [0.29, 0.717) is 91.8 Å². The molecule has 428 valence electrons. The highest BCUT2D eigenvalue weighted by atomic mass is 19.1. The number of phenolic OH excluding ortho intramolecular Hbond substituents is 2. The summed E-state index contributed by atoms with van der Waals surface area (Å²) in [6, 6.07) is 13.6. The zero-order valence-electron chi connectivity index (χ0n) is 47.4. The number of pyridine rings is 2. The summed E-state index contributed by atoms with van der Waals surface area (Å²) < 4.78 is 57.2. The van der Waals surface area contributed by atoms with E-state index in [2.05, 4.69) is 78.2 Å². The lowest BCUT2D eigenvalue weighted by molar-refractivity contribution is 0.183. The number of nitrogens with one attached hydrogen (secondary N) is 2. The van der Waals surface area contributed by atoms with Gasteiger partial charge < -0.3 is 49.9 Å². The van der Waals surface area contributed by atoms with Crippen LogP contribution < -0.4 is 29.9 Å². The number of aromatic hydroxyl groups is 2. The molecule has 4 N–H and O–H groups in total. The second kappa shape index (κ2) is 22.6. The molecule has 0 radical (unpaired) electrons. The Hall–Kier alpha value is -8.07. The van der Waals surface area contributed by atoms with Crippen LogP contribution in [0.2, 0.25) is 0 Å². The molecule has 14 rings (SSSR count). The number of hydrogen-bond acceptors (Lipinski definition) is 16. The van der Waals surface area contributed by atoms with E-state index < -0.39 is 17.5 Å². The van der Waals surface area contributed by atoms with Gasteiger partial charge in [0.15, 0.2) is 17.5 Å². The Labute approximate surface area is 480 Å². The summed E-state index contributed by atoms with van der Waals surface area (Å²) in [6.07, 6.45) is 24.0. The van der Waals surface area contributed by atoms with E-state index in [1.165, 1.54) is 69.6 Å². The maximum atomic E-state index is 16.1. The van der Waals surface area contributed by atoms with Crippen molar-refractivity contribution < 1.29 is 32.9 Å². The minimum Gasteiger partial charge on any atom is -0.508 e. The number of methoxy groups -OCH3 is 1. The molecular weight excluding hydrogens is 1060 g/mol. The molecule has 5 aliphatic heterocycles. The highest BCUT2D eigenvalue weighted by molar-refractivity contribution is 6.05. The Morgan fingerprint density at radius 3 is 1.61 bits per heavy atom. The molecule has 19 heteroatoms. The number of aromatic nitrogens is 6. The largest absolute Gasteiger partial charge is 0.508 e. The zero-order valence-corrected chi connectivity index (χ0v) is 47.4. The second-order valence-corrected chi connectivity index (χ2v) is 23.5. The van der Waals surface area contributed by atoms with E-state index in [0.717, 1.165) is 82.6 Å². The summed E-state index contributed by atoms with van der Waals surface area (Å²) in [7, 11) is 7.77. The van der Waals surface area contributed by atoms with Crippen LogP contribution in [-0.2, 0) is 0 Å². The quantitative estimate of drug-likeness (QED) is 0.0955. The molecule has 6 fully saturated rings. The van der Waals surface area contributed by atoms with Crippen molar-refractivity contribution >= 4 is 55.2 Å².